The third-order valence-electron chi connectivity index (χ3n) is 2.40. The number of benzene rings is 1. The van der Waals surface area contributed by atoms with Crippen molar-refractivity contribution in [3.63, 3.8) is 0 Å². The van der Waals surface area contributed by atoms with E-state index in [1.807, 2.05) is 0 Å². The Bertz CT molecular complexity index is 462. The summed E-state index contributed by atoms with van der Waals surface area (Å²) >= 11 is 5.86. The largest absolute Gasteiger partial charge is 0.481 e. The van der Waals surface area contributed by atoms with Crippen LogP contribution in [0.5, 0.6) is 0 Å². The number of hydrogen-bond donors (Lipinski definition) is 3. The number of carboxylic acids is 1. The van der Waals surface area contributed by atoms with E-state index in [1.165, 1.54) is 18.2 Å². The molecule has 5 nitrogen and oxygen atoms in total. The summed E-state index contributed by atoms with van der Waals surface area (Å²) in [7, 11) is 0. The lowest BCUT2D eigenvalue weighted by molar-refractivity contribution is -0.136. The highest BCUT2D eigenvalue weighted by Crippen LogP contribution is 2.25. The lowest BCUT2D eigenvalue weighted by Crippen LogP contribution is -2.38. The van der Waals surface area contributed by atoms with E-state index in [9.17, 15) is 14.0 Å². The monoisotopic (exact) mass is 288 g/mol. The molecular formula is C12H14ClFN2O3. The predicted octanol–water partition coefficient (Wildman–Crippen LogP) is 2.31. The highest BCUT2D eigenvalue weighted by Gasteiger charge is 2.16. The van der Waals surface area contributed by atoms with Gasteiger partial charge in [0.1, 0.15) is 5.82 Å². The second-order valence-electron chi connectivity index (χ2n) is 3.90. The van der Waals surface area contributed by atoms with Crippen LogP contribution in [0.1, 0.15) is 24.9 Å². The van der Waals surface area contributed by atoms with E-state index in [-0.39, 0.29) is 23.6 Å². The molecule has 0 fully saturated rings. The van der Waals surface area contributed by atoms with Gasteiger partial charge in [0.05, 0.1) is 12.5 Å². The van der Waals surface area contributed by atoms with Crippen molar-refractivity contribution < 1.29 is 19.1 Å². The standard InChI is InChI=1S/C12H14ClFN2O3/c1-7(11-8(13)3-2-4-9(11)14)16-12(19)15-6-5-10(17)18/h2-4,7H,5-6H2,1H3,(H,17,18)(H2,15,16,19). The zero-order valence-electron chi connectivity index (χ0n) is 10.2. The number of carbonyl (C=O) groups is 2. The Morgan fingerprint density at radius 3 is 2.74 bits per heavy atom. The first-order valence-corrected chi connectivity index (χ1v) is 5.99. The number of rotatable bonds is 5. The average molecular weight is 289 g/mol. The fourth-order valence-electron chi connectivity index (χ4n) is 1.53. The van der Waals surface area contributed by atoms with Gasteiger partial charge in [-0.3, -0.25) is 4.79 Å². The summed E-state index contributed by atoms with van der Waals surface area (Å²) in [6, 6.07) is 3.05. The van der Waals surface area contributed by atoms with Crippen molar-refractivity contribution in [2.24, 2.45) is 0 Å². The Labute approximate surface area is 114 Å². The van der Waals surface area contributed by atoms with Gasteiger partial charge in [0.2, 0.25) is 0 Å². The van der Waals surface area contributed by atoms with Crippen LogP contribution in [0.15, 0.2) is 18.2 Å². The van der Waals surface area contributed by atoms with Gasteiger partial charge in [-0.25, -0.2) is 9.18 Å². The molecule has 0 saturated heterocycles. The molecule has 0 aliphatic carbocycles. The van der Waals surface area contributed by atoms with E-state index in [2.05, 4.69) is 10.6 Å². The zero-order valence-corrected chi connectivity index (χ0v) is 11.0. The fourth-order valence-corrected chi connectivity index (χ4v) is 1.85. The van der Waals surface area contributed by atoms with E-state index in [0.29, 0.717) is 0 Å². The first-order valence-electron chi connectivity index (χ1n) is 5.62. The van der Waals surface area contributed by atoms with Crippen molar-refractivity contribution in [2.75, 3.05) is 6.54 Å². The van der Waals surface area contributed by atoms with E-state index in [1.54, 1.807) is 6.92 Å². The Morgan fingerprint density at radius 2 is 2.16 bits per heavy atom. The predicted molar refractivity (Wildman–Crippen MR) is 68.6 cm³/mol. The number of hydrogen-bond acceptors (Lipinski definition) is 2. The van der Waals surface area contributed by atoms with Gasteiger partial charge >= 0.3 is 12.0 Å². The molecule has 0 aliphatic heterocycles. The summed E-state index contributed by atoms with van der Waals surface area (Å²) in [5.74, 6) is -1.52. The summed E-state index contributed by atoms with van der Waals surface area (Å²) in [5, 5.41) is 13.5. The Morgan fingerprint density at radius 1 is 1.47 bits per heavy atom. The lowest BCUT2D eigenvalue weighted by Gasteiger charge is -2.16. The van der Waals surface area contributed by atoms with Crippen LogP contribution in [0.3, 0.4) is 0 Å². The highest BCUT2D eigenvalue weighted by atomic mass is 35.5. The van der Waals surface area contributed by atoms with Gasteiger partial charge in [-0.1, -0.05) is 17.7 Å². The molecule has 1 atom stereocenters. The molecular weight excluding hydrogens is 275 g/mol. The highest BCUT2D eigenvalue weighted by molar-refractivity contribution is 6.31. The topological polar surface area (TPSA) is 78.4 Å². The van der Waals surface area contributed by atoms with Crippen molar-refractivity contribution in [3.05, 3.63) is 34.6 Å². The molecule has 3 N–H and O–H groups in total. The quantitative estimate of drug-likeness (QED) is 0.778. The smallest absolute Gasteiger partial charge is 0.315 e. The second kappa shape index (κ2) is 6.94. The van der Waals surface area contributed by atoms with Crippen LogP contribution in [0.25, 0.3) is 0 Å². The third kappa shape index (κ3) is 4.75. The van der Waals surface area contributed by atoms with Gasteiger partial charge in [-0.2, -0.15) is 0 Å². The molecule has 104 valence electrons. The maximum Gasteiger partial charge on any atom is 0.315 e. The van der Waals surface area contributed by atoms with Crippen LogP contribution >= 0.6 is 11.6 Å². The van der Waals surface area contributed by atoms with Crippen LogP contribution in [0.4, 0.5) is 9.18 Å². The fraction of sp³-hybridized carbons (Fsp3) is 0.333. The third-order valence-corrected chi connectivity index (χ3v) is 2.73. The van der Waals surface area contributed by atoms with E-state index in [4.69, 9.17) is 16.7 Å². The maximum absolute atomic E-state index is 13.6. The summed E-state index contributed by atoms with van der Waals surface area (Å²) in [5.41, 5.74) is 0.192. The maximum atomic E-state index is 13.6. The van der Waals surface area contributed by atoms with Gasteiger partial charge in [0.15, 0.2) is 0 Å². The molecule has 19 heavy (non-hydrogen) atoms. The number of carboxylic acid groups (broad SMARTS) is 1. The molecule has 1 aromatic rings. The van der Waals surface area contributed by atoms with Crippen molar-refractivity contribution >= 4 is 23.6 Å². The first-order chi connectivity index (χ1) is 8.91. The van der Waals surface area contributed by atoms with Crippen molar-refractivity contribution in [1.29, 1.82) is 0 Å². The number of halogens is 2. The molecule has 0 saturated carbocycles. The van der Waals surface area contributed by atoms with Crippen molar-refractivity contribution in [1.82, 2.24) is 10.6 Å². The SMILES string of the molecule is CC(NC(=O)NCCC(=O)O)c1c(F)cccc1Cl. The molecule has 0 radical (unpaired) electrons. The molecule has 0 heterocycles. The van der Waals surface area contributed by atoms with Gasteiger partial charge in [0.25, 0.3) is 0 Å². The molecule has 0 spiro atoms. The molecule has 1 rings (SSSR count). The lowest BCUT2D eigenvalue weighted by atomic mass is 10.1. The minimum atomic E-state index is -1.01. The number of carbonyl (C=O) groups excluding carboxylic acids is 1. The summed E-state index contributed by atoms with van der Waals surface area (Å²) in [6.45, 7) is 1.58. The van der Waals surface area contributed by atoms with Crippen LogP contribution in [0.2, 0.25) is 5.02 Å². The van der Waals surface area contributed by atoms with Gasteiger partial charge < -0.3 is 15.7 Å². The number of amides is 2. The molecule has 0 aromatic heterocycles. The molecule has 0 aliphatic rings. The minimum absolute atomic E-state index is 0.00110. The van der Waals surface area contributed by atoms with E-state index >= 15 is 0 Å². The van der Waals surface area contributed by atoms with Gasteiger partial charge in [-0.15, -0.1) is 0 Å². The molecule has 1 aromatic carbocycles. The number of aliphatic carboxylic acids is 1. The Balaban J connectivity index is 2.57. The summed E-state index contributed by atoms with van der Waals surface area (Å²) in [4.78, 5) is 21.7. The number of nitrogens with one attached hydrogen (secondary N) is 2. The summed E-state index contributed by atoms with van der Waals surface area (Å²) in [6.07, 6.45) is -0.178. The van der Waals surface area contributed by atoms with E-state index < -0.39 is 23.9 Å². The van der Waals surface area contributed by atoms with E-state index in [0.717, 1.165) is 0 Å². The number of urea groups is 1. The van der Waals surface area contributed by atoms with Gasteiger partial charge in [-0.05, 0) is 19.1 Å². The minimum Gasteiger partial charge on any atom is -0.481 e. The Hall–Kier alpha value is -1.82. The Kier molecular flexibility index (Phi) is 5.57. The molecule has 7 heteroatoms. The normalized spacial score (nSPS) is 11.7. The molecule has 0 bridgehead atoms. The van der Waals surface area contributed by atoms with Crippen molar-refractivity contribution in [2.45, 2.75) is 19.4 Å². The molecule has 2 amide bonds. The van der Waals surface area contributed by atoms with Crippen LogP contribution in [-0.4, -0.2) is 23.7 Å². The average Bonchev–Trinajstić information content (AvgIpc) is 2.27. The second-order valence-corrected chi connectivity index (χ2v) is 4.31. The first kappa shape index (κ1) is 15.2. The van der Waals surface area contributed by atoms with Crippen LogP contribution in [0, 0.1) is 5.82 Å². The van der Waals surface area contributed by atoms with Crippen LogP contribution < -0.4 is 10.6 Å². The zero-order chi connectivity index (χ0) is 14.4. The van der Waals surface area contributed by atoms with Crippen molar-refractivity contribution in [3.8, 4) is 0 Å². The molecule has 1 unspecified atom stereocenters. The van der Waals surface area contributed by atoms with Gasteiger partial charge in [0, 0.05) is 17.1 Å². The summed E-state index contributed by atoms with van der Waals surface area (Å²) < 4.78 is 13.6. The van der Waals surface area contributed by atoms with Crippen LogP contribution in [-0.2, 0) is 4.79 Å².